The third-order valence-electron chi connectivity index (χ3n) is 5.15. The van der Waals surface area contributed by atoms with Crippen molar-refractivity contribution in [2.45, 2.75) is 27.2 Å². The summed E-state index contributed by atoms with van der Waals surface area (Å²) in [5, 5.41) is 8.54. The lowest BCUT2D eigenvalue weighted by Crippen LogP contribution is -2.34. The van der Waals surface area contributed by atoms with Crippen LogP contribution in [0.1, 0.15) is 47.9 Å². The summed E-state index contributed by atoms with van der Waals surface area (Å²) in [6.45, 7) is 7.38. The molecule has 188 valence electrons. The third kappa shape index (κ3) is 8.09. The molecule has 0 aliphatic rings. The lowest BCUT2D eigenvalue weighted by molar-refractivity contribution is 0.0976. The molecule has 0 aromatic heterocycles. The first-order valence-electron chi connectivity index (χ1n) is 11.8. The zero-order valence-electron chi connectivity index (χ0n) is 20.7. The molecule has 0 heterocycles. The number of thiocarbonyl (C=S) groups is 1. The van der Waals surface area contributed by atoms with Crippen molar-refractivity contribution in [2.75, 3.05) is 23.8 Å². The predicted octanol–water partition coefficient (Wildman–Crippen LogP) is 5.89. The second kappa shape index (κ2) is 13.3. The molecule has 2 amide bonds. The van der Waals surface area contributed by atoms with E-state index in [-0.39, 0.29) is 16.9 Å². The molecule has 3 N–H and O–H groups in total. The van der Waals surface area contributed by atoms with E-state index >= 15 is 0 Å². The fourth-order valence-electron chi connectivity index (χ4n) is 3.23. The Morgan fingerprint density at radius 3 is 2.14 bits per heavy atom. The van der Waals surface area contributed by atoms with Crippen LogP contribution in [0.5, 0.6) is 11.5 Å². The first-order valence-corrected chi connectivity index (χ1v) is 12.2. The average Bonchev–Trinajstić information content (AvgIpc) is 2.86. The molecule has 0 aliphatic carbocycles. The average molecular weight is 506 g/mol. The highest BCUT2D eigenvalue weighted by Gasteiger charge is 2.14. The van der Waals surface area contributed by atoms with Crippen molar-refractivity contribution < 1.29 is 19.1 Å². The van der Waals surface area contributed by atoms with Crippen molar-refractivity contribution in [3.63, 3.8) is 0 Å². The molecule has 8 heteroatoms. The highest BCUT2D eigenvalue weighted by molar-refractivity contribution is 7.80. The van der Waals surface area contributed by atoms with Gasteiger partial charge in [-0.15, -0.1) is 0 Å². The van der Waals surface area contributed by atoms with Crippen LogP contribution in [0.15, 0.2) is 72.8 Å². The summed E-state index contributed by atoms with van der Waals surface area (Å²) < 4.78 is 11.1. The van der Waals surface area contributed by atoms with Gasteiger partial charge in [-0.25, -0.2) is 0 Å². The zero-order chi connectivity index (χ0) is 25.9. The van der Waals surface area contributed by atoms with E-state index in [0.717, 1.165) is 12.2 Å². The number of amides is 2. The minimum Gasteiger partial charge on any atom is -0.494 e. The first-order chi connectivity index (χ1) is 17.4. The molecular weight excluding hydrogens is 474 g/mol. The van der Waals surface area contributed by atoms with Crippen LogP contribution in [0.25, 0.3) is 0 Å². The second-order valence-corrected chi connectivity index (χ2v) is 8.83. The van der Waals surface area contributed by atoms with Crippen molar-refractivity contribution in [1.29, 1.82) is 0 Å². The lowest BCUT2D eigenvalue weighted by Gasteiger charge is -2.14. The maximum Gasteiger partial charge on any atom is 0.257 e. The molecule has 0 radical (unpaired) electrons. The molecule has 0 bridgehead atoms. The lowest BCUT2D eigenvalue weighted by atomic mass is 10.1. The van der Waals surface area contributed by atoms with Gasteiger partial charge in [0.1, 0.15) is 11.5 Å². The van der Waals surface area contributed by atoms with Crippen molar-refractivity contribution in [2.24, 2.45) is 5.92 Å². The van der Waals surface area contributed by atoms with Gasteiger partial charge in [0.25, 0.3) is 11.8 Å². The van der Waals surface area contributed by atoms with E-state index in [4.69, 9.17) is 21.7 Å². The van der Waals surface area contributed by atoms with Crippen molar-refractivity contribution in [3.8, 4) is 11.5 Å². The number of hydrogen-bond donors (Lipinski definition) is 3. The number of rotatable bonds is 10. The molecule has 3 rings (SSSR count). The van der Waals surface area contributed by atoms with E-state index in [1.165, 1.54) is 0 Å². The summed E-state index contributed by atoms with van der Waals surface area (Å²) in [5.74, 6) is 1.32. The smallest absolute Gasteiger partial charge is 0.257 e. The summed E-state index contributed by atoms with van der Waals surface area (Å²) in [7, 11) is 0. The van der Waals surface area contributed by atoms with Gasteiger partial charge < -0.3 is 20.1 Å². The Balaban J connectivity index is 1.58. The first kappa shape index (κ1) is 26.7. The van der Waals surface area contributed by atoms with Crippen LogP contribution in [-0.4, -0.2) is 30.1 Å². The van der Waals surface area contributed by atoms with Crippen LogP contribution in [0, 0.1) is 5.92 Å². The predicted molar refractivity (Wildman–Crippen MR) is 147 cm³/mol. The Hall–Kier alpha value is -3.91. The van der Waals surface area contributed by atoms with E-state index in [1.807, 2.05) is 6.92 Å². The monoisotopic (exact) mass is 505 g/mol. The molecule has 0 atom stereocenters. The summed E-state index contributed by atoms with van der Waals surface area (Å²) >= 11 is 5.32. The number of hydrogen-bond acceptors (Lipinski definition) is 5. The van der Waals surface area contributed by atoms with Gasteiger partial charge in [-0.1, -0.05) is 26.0 Å². The fraction of sp³-hybridized carbons (Fsp3) is 0.250. The Morgan fingerprint density at radius 2 is 1.47 bits per heavy atom. The molecule has 36 heavy (non-hydrogen) atoms. The number of carbonyl (C=O) groups excluding carboxylic acids is 2. The molecule has 0 saturated carbocycles. The summed E-state index contributed by atoms with van der Waals surface area (Å²) in [6, 6.07) is 20.9. The highest BCUT2D eigenvalue weighted by Crippen LogP contribution is 2.20. The molecule has 7 nitrogen and oxygen atoms in total. The highest BCUT2D eigenvalue weighted by atomic mass is 32.1. The number of benzene rings is 3. The van der Waals surface area contributed by atoms with Crippen molar-refractivity contribution in [3.05, 3.63) is 83.9 Å². The number of ether oxygens (including phenoxy) is 2. The van der Waals surface area contributed by atoms with Crippen LogP contribution in [0.4, 0.5) is 11.4 Å². The van der Waals surface area contributed by atoms with E-state index < -0.39 is 0 Å². The van der Waals surface area contributed by atoms with Gasteiger partial charge in [-0.05, 0) is 92.1 Å². The molecule has 0 unspecified atom stereocenters. The molecule has 0 aliphatic heterocycles. The van der Waals surface area contributed by atoms with Gasteiger partial charge in [-0.2, -0.15) is 0 Å². The summed E-state index contributed by atoms with van der Waals surface area (Å²) in [4.78, 5) is 25.5. The minimum absolute atomic E-state index is 0.0820. The van der Waals surface area contributed by atoms with E-state index in [1.54, 1.807) is 72.8 Å². The quantitative estimate of drug-likeness (QED) is 0.298. The third-order valence-corrected chi connectivity index (χ3v) is 5.35. The van der Waals surface area contributed by atoms with Crippen LogP contribution in [0.3, 0.4) is 0 Å². The van der Waals surface area contributed by atoms with Crippen LogP contribution < -0.4 is 25.4 Å². The number of carbonyl (C=O) groups is 2. The molecule has 3 aromatic rings. The van der Waals surface area contributed by atoms with Crippen LogP contribution >= 0.6 is 12.2 Å². The normalized spacial score (nSPS) is 10.4. The molecule has 0 fully saturated rings. The maximum absolute atomic E-state index is 12.9. The van der Waals surface area contributed by atoms with Gasteiger partial charge in [0.2, 0.25) is 0 Å². The topological polar surface area (TPSA) is 88.7 Å². The minimum atomic E-state index is -0.363. The number of para-hydroxylation sites is 1. The SMILES string of the molecule is CCOc1ccc(NC(=O)c2ccccc2NC(=S)NC(=O)c2ccc(OCCC(C)C)cc2)cc1. The molecular formula is C28H31N3O4S. The van der Waals surface area contributed by atoms with E-state index in [0.29, 0.717) is 47.4 Å². The van der Waals surface area contributed by atoms with Crippen molar-refractivity contribution in [1.82, 2.24) is 5.32 Å². The van der Waals surface area contributed by atoms with Gasteiger partial charge in [0.15, 0.2) is 5.11 Å². The van der Waals surface area contributed by atoms with Gasteiger partial charge in [0.05, 0.1) is 24.5 Å². The van der Waals surface area contributed by atoms with Gasteiger partial charge >= 0.3 is 0 Å². The standard InChI is InChI=1S/C28H31N3O4S/c1-4-34-22-15-11-21(12-16-22)29-27(33)24-7-5-6-8-25(24)30-28(36)31-26(32)20-9-13-23(14-10-20)35-18-17-19(2)3/h5-16,19H,4,17-18H2,1-3H3,(H,29,33)(H2,30,31,32,36). The summed E-state index contributed by atoms with van der Waals surface area (Å²) in [5.41, 5.74) is 1.92. The Morgan fingerprint density at radius 1 is 0.833 bits per heavy atom. The van der Waals surface area contributed by atoms with E-state index in [9.17, 15) is 9.59 Å². The number of anilines is 2. The van der Waals surface area contributed by atoms with Crippen molar-refractivity contribution >= 4 is 40.5 Å². The second-order valence-electron chi connectivity index (χ2n) is 8.42. The van der Waals surface area contributed by atoms with Crippen LogP contribution in [0.2, 0.25) is 0 Å². The molecule has 3 aromatic carbocycles. The zero-order valence-corrected chi connectivity index (χ0v) is 21.5. The number of nitrogens with one attached hydrogen (secondary N) is 3. The Labute approximate surface area is 217 Å². The molecule has 0 spiro atoms. The van der Waals surface area contributed by atoms with Crippen LogP contribution in [-0.2, 0) is 0 Å². The van der Waals surface area contributed by atoms with Gasteiger partial charge in [-0.3, -0.25) is 14.9 Å². The van der Waals surface area contributed by atoms with Gasteiger partial charge in [0, 0.05) is 11.3 Å². The Kier molecular flexibility index (Phi) is 9.82. The van der Waals surface area contributed by atoms with E-state index in [2.05, 4.69) is 29.8 Å². The maximum atomic E-state index is 12.9. The fourth-order valence-corrected chi connectivity index (χ4v) is 3.44. The summed E-state index contributed by atoms with van der Waals surface area (Å²) in [6.07, 6.45) is 0.960. The largest absolute Gasteiger partial charge is 0.494 e. The molecule has 0 saturated heterocycles. The Bertz CT molecular complexity index is 1180.